The number of hydrogen-bond acceptors (Lipinski definition) is 6. The largest absolute Gasteiger partial charge is 0.412 e. The third kappa shape index (κ3) is 4.31. The Morgan fingerprint density at radius 3 is 0.741 bits per heavy atom. The van der Waals surface area contributed by atoms with Gasteiger partial charge < -0.3 is 26.6 Å². The molecule has 0 spiro atoms. The van der Waals surface area contributed by atoms with E-state index in [9.17, 15) is 0 Å². The Morgan fingerprint density at radius 2 is 0.630 bits per heavy atom. The van der Waals surface area contributed by atoms with Gasteiger partial charge in [-0.05, 0) is 37.4 Å². The Morgan fingerprint density at radius 1 is 0.444 bits per heavy atom. The monoisotopic (exact) mass is 438 g/mol. The Hall–Kier alpha value is 0.411. The SMILES string of the molecule is COC(C)[Si]1(C(C)C)O[Si](C(C)C)(C(C)OC)O[Si](C(C)C)(C(C)OC)O1. The number of hydrogen-bond donors (Lipinski definition) is 0. The highest BCUT2D eigenvalue weighted by Gasteiger charge is 2.70. The van der Waals surface area contributed by atoms with Crippen molar-refractivity contribution in [2.24, 2.45) is 0 Å². The van der Waals surface area contributed by atoms with Gasteiger partial charge in [0.05, 0.1) is 17.2 Å². The Kier molecular flexibility index (Phi) is 8.94. The van der Waals surface area contributed by atoms with Crippen LogP contribution in [0, 0.1) is 0 Å². The molecule has 1 aliphatic rings. The quantitative estimate of drug-likeness (QED) is 0.499. The fraction of sp³-hybridized carbons (Fsp3) is 1.00. The lowest BCUT2D eigenvalue weighted by Crippen LogP contribution is -2.81. The summed E-state index contributed by atoms with van der Waals surface area (Å²) in [5.74, 6) is 0. The van der Waals surface area contributed by atoms with Crippen LogP contribution in [0.3, 0.4) is 0 Å². The van der Waals surface area contributed by atoms with E-state index >= 15 is 0 Å². The summed E-state index contributed by atoms with van der Waals surface area (Å²) in [5.41, 5.74) is 0.268. The molecule has 9 heteroatoms. The average molecular weight is 439 g/mol. The highest BCUT2D eigenvalue weighted by atomic mass is 28.5. The lowest BCUT2D eigenvalue weighted by Gasteiger charge is -2.60. The van der Waals surface area contributed by atoms with E-state index < -0.39 is 25.7 Å². The third-order valence-electron chi connectivity index (χ3n) is 6.13. The number of methoxy groups -OCH3 is 3. The molecule has 6 nitrogen and oxygen atoms in total. The van der Waals surface area contributed by atoms with E-state index in [4.69, 9.17) is 26.6 Å². The zero-order valence-electron chi connectivity index (χ0n) is 19.4. The van der Waals surface area contributed by atoms with Gasteiger partial charge in [0.15, 0.2) is 0 Å². The Balaban J connectivity index is 3.79. The summed E-state index contributed by atoms with van der Waals surface area (Å²) >= 11 is 0. The molecule has 0 N–H and O–H groups in total. The molecule has 0 bridgehead atoms. The number of ether oxygens (including phenoxy) is 3. The maximum Gasteiger partial charge on any atom is 0.352 e. The molecule has 162 valence electrons. The molecular weight excluding hydrogens is 396 g/mol. The molecule has 1 rings (SSSR count). The van der Waals surface area contributed by atoms with Crippen LogP contribution in [0.4, 0.5) is 0 Å². The minimum Gasteiger partial charge on any atom is -0.412 e. The average Bonchev–Trinajstić information content (AvgIpc) is 2.64. The van der Waals surface area contributed by atoms with Crippen molar-refractivity contribution in [2.45, 2.75) is 96.1 Å². The predicted octanol–water partition coefficient (Wildman–Crippen LogP) is 4.33. The van der Waals surface area contributed by atoms with E-state index in [1.807, 2.05) is 0 Å². The molecule has 27 heavy (non-hydrogen) atoms. The highest BCUT2D eigenvalue weighted by molar-refractivity contribution is 6.97. The Bertz CT molecular complexity index is 401. The lowest BCUT2D eigenvalue weighted by atomic mass is 10.6. The second-order valence-electron chi connectivity index (χ2n) is 8.57. The normalized spacial score (nSPS) is 35.7. The van der Waals surface area contributed by atoms with Gasteiger partial charge in [0, 0.05) is 21.3 Å². The molecule has 0 radical (unpaired) electrons. The van der Waals surface area contributed by atoms with Gasteiger partial charge in [0.2, 0.25) is 0 Å². The molecule has 0 amide bonds. The topological polar surface area (TPSA) is 55.4 Å². The van der Waals surface area contributed by atoms with Crippen molar-refractivity contribution in [3.05, 3.63) is 0 Å². The summed E-state index contributed by atoms with van der Waals surface area (Å²) < 4.78 is 38.7. The molecule has 0 aromatic heterocycles. The first-order chi connectivity index (χ1) is 12.4. The van der Waals surface area contributed by atoms with E-state index in [2.05, 4.69) is 62.3 Å². The van der Waals surface area contributed by atoms with Crippen LogP contribution in [0.15, 0.2) is 0 Å². The second kappa shape index (κ2) is 9.48. The smallest absolute Gasteiger partial charge is 0.352 e. The van der Waals surface area contributed by atoms with Crippen molar-refractivity contribution in [1.29, 1.82) is 0 Å². The van der Waals surface area contributed by atoms with Crippen molar-refractivity contribution in [3.8, 4) is 0 Å². The summed E-state index contributed by atoms with van der Waals surface area (Å²) in [6.45, 7) is 19.3. The van der Waals surface area contributed by atoms with Gasteiger partial charge in [-0.1, -0.05) is 41.5 Å². The van der Waals surface area contributed by atoms with Crippen LogP contribution >= 0.6 is 0 Å². The van der Waals surface area contributed by atoms with Crippen LogP contribution in [-0.2, 0) is 26.6 Å². The van der Waals surface area contributed by atoms with E-state index in [0.29, 0.717) is 0 Å². The second-order valence-corrected chi connectivity index (χ2v) is 21.2. The first-order valence-electron chi connectivity index (χ1n) is 10.1. The zero-order valence-corrected chi connectivity index (χ0v) is 22.4. The van der Waals surface area contributed by atoms with E-state index in [-0.39, 0.29) is 33.8 Å². The molecule has 0 aromatic carbocycles. The molecule has 3 atom stereocenters. The van der Waals surface area contributed by atoms with E-state index in [0.717, 1.165) is 0 Å². The van der Waals surface area contributed by atoms with Gasteiger partial charge in [-0.15, -0.1) is 0 Å². The maximum atomic E-state index is 7.05. The molecule has 0 saturated carbocycles. The molecule has 1 saturated heterocycles. The van der Waals surface area contributed by atoms with E-state index in [1.165, 1.54) is 0 Å². The molecule has 1 aliphatic heterocycles. The summed E-state index contributed by atoms with van der Waals surface area (Å²) in [6, 6.07) is 0. The van der Waals surface area contributed by atoms with Crippen molar-refractivity contribution < 1.29 is 26.6 Å². The lowest BCUT2D eigenvalue weighted by molar-refractivity contribution is 0.0503. The summed E-state index contributed by atoms with van der Waals surface area (Å²) in [7, 11) is -3.19. The van der Waals surface area contributed by atoms with Crippen LogP contribution < -0.4 is 0 Å². The first-order valence-corrected chi connectivity index (χ1v) is 16.0. The fourth-order valence-corrected chi connectivity index (χ4v) is 25.0. The van der Waals surface area contributed by atoms with Crippen LogP contribution in [0.1, 0.15) is 62.3 Å². The van der Waals surface area contributed by atoms with E-state index in [1.54, 1.807) is 21.3 Å². The van der Waals surface area contributed by atoms with Gasteiger partial charge >= 0.3 is 25.7 Å². The highest BCUT2D eigenvalue weighted by Crippen LogP contribution is 2.49. The summed E-state index contributed by atoms with van der Waals surface area (Å²) in [4.78, 5) is 0. The molecule has 3 unspecified atom stereocenters. The van der Waals surface area contributed by atoms with Gasteiger partial charge in [-0.25, -0.2) is 0 Å². The minimum absolute atomic E-state index is 0.120. The van der Waals surface area contributed by atoms with Crippen molar-refractivity contribution in [3.63, 3.8) is 0 Å². The van der Waals surface area contributed by atoms with Gasteiger partial charge in [0.1, 0.15) is 0 Å². The van der Waals surface area contributed by atoms with Gasteiger partial charge in [0.25, 0.3) is 0 Å². The molecule has 0 aliphatic carbocycles. The zero-order chi connectivity index (χ0) is 21.2. The summed E-state index contributed by atoms with van der Waals surface area (Å²) in [6.07, 6.45) is 0. The Labute approximate surface area is 170 Å². The van der Waals surface area contributed by atoms with Crippen molar-refractivity contribution >= 4 is 25.7 Å². The molecule has 1 fully saturated rings. The maximum absolute atomic E-state index is 7.05. The van der Waals surface area contributed by atoms with Crippen molar-refractivity contribution in [2.75, 3.05) is 21.3 Å². The summed E-state index contributed by atoms with van der Waals surface area (Å²) in [5, 5.41) is 0. The fourth-order valence-electron chi connectivity index (χ4n) is 3.92. The van der Waals surface area contributed by atoms with Gasteiger partial charge in [-0.2, -0.15) is 0 Å². The van der Waals surface area contributed by atoms with Crippen LogP contribution in [-0.4, -0.2) is 64.2 Å². The molecule has 1 heterocycles. The van der Waals surface area contributed by atoms with Crippen LogP contribution in [0.25, 0.3) is 0 Å². The van der Waals surface area contributed by atoms with Gasteiger partial charge in [-0.3, -0.25) is 0 Å². The van der Waals surface area contributed by atoms with Crippen LogP contribution in [0.5, 0.6) is 0 Å². The molecular formula is C18H42O6Si3. The minimum atomic E-state index is -2.80. The molecule has 0 aromatic rings. The number of rotatable bonds is 9. The third-order valence-corrected chi connectivity index (χ3v) is 22.7. The first kappa shape index (κ1) is 25.4. The van der Waals surface area contributed by atoms with Crippen molar-refractivity contribution in [1.82, 2.24) is 0 Å². The standard InChI is InChI=1S/C18H42O6Si3/c1-13(2)25(16(7)19-10)22-26(14(3)4,17(8)20-11)24-27(23-25,15(5)6)18(9)21-12/h13-18H,1-12H3. The van der Waals surface area contributed by atoms with Crippen LogP contribution in [0.2, 0.25) is 16.6 Å². The predicted molar refractivity (Wildman–Crippen MR) is 115 cm³/mol.